The molecule has 0 atom stereocenters. The zero-order valence-corrected chi connectivity index (χ0v) is 18.1. The van der Waals surface area contributed by atoms with Crippen molar-refractivity contribution in [3.05, 3.63) is 77.4 Å². The summed E-state index contributed by atoms with van der Waals surface area (Å²) in [5.74, 6) is 0.0272. The van der Waals surface area contributed by atoms with Gasteiger partial charge in [0.2, 0.25) is 5.91 Å². The van der Waals surface area contributed by atoms with Gasteiger partial charge in [-0.25, -0.2) is 8.42 Å². The van der Waals surface area contributed by atoms with E-state index in [-0.39, 0.29) is 10.8 Å². The zero-order valence-electron chi connectivity index (χ0n) is 17.3. The third-order valence-corrected chi connectivity index (χ3v) is 6.89. The minimum atomic E-state index is -3.73. The molecule has 4 rings (SSSR count). The topological polar surface area (TPSA) is 66.5 Å². The van der Waals surface area contributed by atoms with Gasteiger partial charge in [0.25, 0.3) is 10.0 Å². The second-order valence-corrected chi connectivity index (χ2v) is 9.57. The number of hydrogen-bond donors (Lipinski definition) is 1. The van der Waals surface area contributed by atoms with E-state index >= 15 is 0 Å². The highest BCUT2D eigenvalue weighted by atomic mass is 32.2. The molecule has 6 heteroatoms. The minimum absolute atomic E-state index is 0.0272. The Bertz CT molecular complexity index is 1290. The molecular weight excluding hydrogens is 396 g/mol. The van der Waals surface area contributed by atoms with Gasteiger partial charge >= 0.3 is 0 Å². The number of nitrogens with zero attached hydrogens (tertiary/aromatic N) is 1. The minimum Gasteiger partial charge on any atom is -0.349 e. The fourth-order valence-electron chi connectivity index (χ4n) is 3.80. The molecule has 30 heavy (non-hydrogen) atoms. The first-order valence-electron chi connectivity index (χ1n) is 9.78. The van der Waals surface area contributed by atoms with Crippen LogP contribution < -0.4 is 4.72 Å². The molecule has 0 unspecified atom stereocenters. The van der Waals surface area contributed by atoms with E-state index in [0.717, 1.165) is 39.5 Å². The summed E-state index contributed by atoms with van der Waals surface area (Å²) in [7, 11) is -0.254. The summed E-state index contributed by atoms with van der Waals surface area (Å²) >= 11 is 0. The van der Waals surface area contributed by atoms with Crippen molar-refractivity contribution in [1.29, 1.82) is 0 Å². The fourth-order valence-corrected chi connectivity index (χ4v) is 4.89. The molecule has 1 amide bonds. The summed E-state index contributed by atoms with van der Waals surface area (Å²) in [5.41, 5.74) is 4.68. The van der Waals surface area contributed by atoms with Crippen LogP contribution in [0.4, 0.5) is 5.69 Å². The van der Waals surface area contributed by atoms with E-state index in [9.17, 15) is 13.2 Å². The van der Waals surface area contributed by atoms with E-state index < -0.39 is 10.0 Å². The van der Waals surface area contributed by atoms with Crippen LogP contribution in [0, 0.1) is 0 Å². The smallest absolute Gasteiger partial charge is 0.261 e. The molecule has 1 aliphatic rings. The van der Waals surface area contributed by atoms with E-state index in [4.69, 9.17) is 0 Å². The van der Waals surface area contributed by atoms with Gasteiger partial charge in [-0.15, -0.1) is 0 Å². The van der Waals surface area contributed by atoms with E-state index in [1.165, 1.54) is 0 Å². The number of hydrogen-bond acceptors (Lipinski definition) is 3. The highest BCUT2D eigenvalue weighted by molar-refractivity contribution is 7.92. The molecular formula is C24H24N2O3S. The lowest BCUT2D eigenvalue weighted by Gasteiger charge is -2.14. The van der Waals surface area contributed by atoms with Gasteiger partial charge in [-0.2, -0.15) is 0 Å². The number of carbonyl (C=O) groups is 1. The van der Waals surface area contributed by atoms with Gasteiger partial charge in [0, 0.05) is 19.8 Å². The van der Waals surface area contributed by atoms with Crippen LogP contribution in [0.5, 0.6) is 0 Å². The molecule has 0 fully saturated rings. The van der Waals surface area contributed by atoms with Gasteiger partial charge in [0.1, 0.15) is 0 Å². The number of benzene rings is 3. The number of sulfonamides is 1. The van der Waals surface area contributed by atoms with E-state index in [1.807, 2.05) is 49.4 Å². The van der Waals surface area contributed by atoms with Crippen LogP contribution in [-0.4, -0.2) is 33.3 Å². The summed E-state index contributed by atoms with van der Waals surface area (Å²) in [6, 6.07) is 18.3. The Kier molecular flexibility index (Phi) is 5.12. The molecule has 0 bridgehead atoms. The number of nitrogens with one attached hydrogen (secondary N) is 1. The third kappa shape index (κ3) is 3.83. The number of rotatable bonds is 5. The Morgan fingerprint density at radius 3 is 2.47 bits per heavy atom. The van der Waals surface area contributed by atoms with Crippen LogP contribution in [0.25, 0.3) is 16.3 Å². The monoisotopic (exact) mass is 420 g/mol. The molecule has 3 aromatic rings. The number of allylic oxidation sites excluding steroid dienone is 1. The predicted octanol–water partition coefficient (Wildman–Crippen LogP) is 4.45. The lowest BCUT2D eigenvalue weighted by molar-refractivity contribution is -0.127. The van der Waals surface area contributed by atoms with Crippen LogP contribution in [0.3, 0.4) is 0 Å². The van der Waals surface area contributed by atoms with Crippen molar-refractivity contribution in [2.75, 3.05) is 18.8 Å². The number of anilines is 1. The van der Waals surface area contributed by atoms with Crippen LogP contribution >= 0.6 is 0 Å². The zero-order chi connectivity index (χ0) is 21.5. The number of fused-ring (bicyclic) bond motifs is 2. The molecule has 0 saturated carbocycles. The average molecular weight is 421 g/mol. The van der Waals surface area contributed by atoms with Crippen LogP contribution in [0.15, 0.2) is 71.1 Å². The summed E-state index contributed by atoms with van der Waals surface area (Å²) in [5, 5.41) is 1.86. The predicted molar refractivity (Wildman–Crippen MR) is 121 cm³/mol. The molecule has 0 spiro atoms. The van der Waals surface area contributed by atoms with Crippen molar-refractivity contribution >= 4 is 38.0 Å². The van der Waals surface area contributed by atoms with Gasteiger partial charge < -0.3 is 4.90 Å². The van der Waals surface area contributed by atoms with E-state index in [0.29, 0.717) is 12.1 Å². The molecule has 0 radical (unpaired) electrons. The third-order valence-electron chi connectivity index (χ3n) is 5.52. The molecule has 3 aromatic carbocycles. The van der Waals surface area contributed by atoms with Crippen LogP contribution in [0.2, 0.25) is 0 Å². The van der Waals surface area contributed by atoms with Crippen molar-refractivity contribution in [2.24, 2.45) is 0 Å². The van der Waals surface area contributed by atoms with Gasteiger partial charge in [-0.3, -0.25) is 9.52 Å². The first-order chi connectivity index (χ1) is 14.2. The normalized spacial score (nSPS) is 13.4. The SMILES string of the molecule is CC1=C(CC(=O)N(C)C)c2cc(NS(=O)(=O)c3ccc4ccccc4c3)ccc2C1. The second-order valence-electron chi connectivity index (χ2n) is 7.89. The Labute approximate surface area is 177 Å². The Morgan fingerprint density at radius 2 is 1.73 bits per heavy atom. The first kappa shape index (κ1) is 20.2. The quantitative estimate of drug-likeness (QED) is 0.663. The Balaban J connectivity index is 1.64. The molecule has 0 saturated heterocycles. The Hall–Kier alpha value is -3.12. The Morgan fingerprint density at radius 1 is 1.00 bits per heavy atom. The largest absolute Gasteiger partial charge is 0.349 e. The maximum Gasteiger partial charge on any atom is 0.261 e. The maximum atomic E-state index is 13.0. The lowest BCUT2D eigenvalue weighted by Crippen LogP contribution is -2.21. The van der Waals surface area contributed by atoms with Gasteiger partial charge in [-0.1, -0.05) is 42.0 Å². The summed E-state index contributed by atoms with van der Waals surface area (Å²) in [6.07, 6.45) is 1.09. The molecule has 0 aromatic heterocycles. The van der Waals surface area contributed by atoms with Crippen molar-refractivity contribution in [3.8, 4) is 0 Å². The van der Waals surface area contributed by atoms with Crippen LogP contribution in [0.1, 0.15) is 24.5 Å². The average Bonchev–Trinajstić information content (AvgIpc) is 3.02. The standard InChI is InChI=1S/C24H24N2O3S/c1-16-12-19-8-10-20(14-23(19)22(16)15-24(27)26(2)3)25-30(28,29)21-11-9-17-6-4-5-7-18(17)13-21/h4-11,13-14,25H,12,15H2,1-3H3. The molecule has 1 N–H and O–H groups in total. The molecule has 0 heterocycles. The van der Waals surface area contributed by atoms with Crippen molar-refractivity contribution < 1.29 is 13.2 Å². The maximum absolute atomic E-state index is 13.0. The summed E-state index contributed by atoms with van der Waals surface area (Å²) < 4.78 is 28.6. The van der Waals surface area contributed by atoms with E-state index in [2.05, 4.69) is 4.72 Å². The van der Waals surface area contributed by atoms with Gasteiger partial charge in [0.15, 0.2) is 0 Å². The number of amides is 1. The van der Waals surface area contributed by atoms with Crippen molar-refractivity contribution in [2.45, 2.75) is 24.7 Å². The summed E-state index contributed by atoms with van der Waals surface area (Å²) in [4.78, 5) is 14.0. The molecule has 154 valence electrons. The first-order valence-corrected chi connectivity index (χ1v) is 11.3. The number of carbonyl (C=O) groups excluding carboxylic acids is 1. The highest BCUT2D eigenvalue weighted by Crippen LogP contribution is 2.37. The van der Waals surface area contributed by atoms with Crippen molar-refractivity contribution in [1.82, 2.24) is 4.90 Å². The second kappa shape index (κ2) is 7.61. The summed E-state index contributed by atoms with van der Waals surface area (Å²) in [6.45, 7) is 2.02. The van der Waals surface area contributed by atoms with Crippen molar-refractivity contribution in [3.63, 3.8) is 0 Å². The molecule has 0 aliphatic heterocycles. The highest BCUT2D eigenvalue weighted by Gasteiger charge is 2.23. The van der Waals surface area contributed by atoms with Gasteiger partial charge in [0.05, 0.1) is 11.3 Å². The lowest BCUT2D eigenvalue weighted by atomic mass is 10.0. The molecule has 1 aliphatic carbocycles. The van der Waals surface area contributed by atoms with Crippen LogP contribution in [-0.2, 0) is 21.2 Å². The molecule has 5 nitrogen and oxygen atoms in total. The van der Waals surface area contributed by atoms with Gasteiger partial charge in [-0.05, 0) is 65.1 Å². The van der Waals surface area contributed by atoms with E-state index in [1.54, 1.807) is 37.2 Å². The fraction of sp³-hybridized carbons (Fsp3) is 0.208.